The number of amides is 2. The molecule has 6 aliphatic rings. The van der Waals surface area contributed by atoms with E-state index < -0.39 is 58.2 Å². The van der Waals surface area contributed by atoms with Crippen LogP contribution in [0.2, 0.25) is 0 Å². The van der Waals surface area contributed by atoms with Crippen LogP contribution in [0.5, 0.6) is 0 Å². The van der Waals surface area contributed by atoms with Crippen molar-refractivity contribution in [3.05, 3.63) is 0 Å². The Morgan fingerprint density at radius 3 is 1.16 bits per heavy atom. The molecule has 0 aromatic rings. The number of carbonyl (C=O) groups is 4. The molecule has 0 unspecified atom stereocenters. The lowest BCUT2D eigenvalue weighted by Crippen LogP contribution is -2.61. The summed E-state index contributed by atoms with van der Waals surface area (Å²) < 4.78 is 10.5. The normalized spacial score (nSPS) is 33.8. The van der Waals surface area contributed by atoms with Gasteiger partial charge in [0.15, 0.2) is 0 Å². The van der Waals surface area contributed by atoms with Crippen LogP contribution in [0.25, 0.3) is 0 Å². The van der Waals surface area contributed by atoms with Gasteiger partial charge in [-0.2, -0.15) is 0 Å². The van der Waals surface area contributed by atoms with Gasteiger partial charge in [0.1, 0.15) is 11.2 Å². The average Bonchev–Trinajstić information content (AvgIpc) is 2.77. The zero-order valence-corrected chi connectivity index (χ0v) is 23.7. The fourth-order valence-electron chi connectivity index (χ4n) is 6.78. The van der Waals surface area contributed by atoms with Crippen molar-refractivity contribution in [2.75, 3.05) is 0 Å². The molecule has 2 amide bonds. The molecule has 0 radical (unpaired) electrons. The van der Waals surface area contributed by atoms with Gasteiger partial charge in [0, 0.05) is 0 Å². The lowest BCUT2D eigenvalue weighted by Gasteiger charge is -2.50. The van der Waals surface area contributed by atoms with Crippen LogP contribution in [0.4, 0.5) is 9.59 Å². The third-order valence-corrected chi connectivity index (χ3v) is 8.56. The first-order valence-corrected chi connectivity index (χ1v) is 13.9. The monoisotopic (exact) mass is 538 g/mol. The molecular formula is C28H46N2O8. The number of ether oxygens (including phenoxy) is 2. The maximum absolute atomic E-state index is 12.0. The van der Waals surface area contributed by atoms with Gasteiger partial charge in [0.2, 0.25) is 0 Å². The second kappa shape index (κ2) is 10.9. The molecule has 0 saturated heterocycles. The molecule has 0 spiro atoms. The van der Waals surface area contributed by atoms with E-state index in [1.54, 1.807) is 41.5 Å². The highest BCUT2D eigenvalue weighted by Gasteiger charge is 2.53. The highest BCUT2D eigenvalue weighted by atomic mass is 16.6. The highest BCUT2D eigenvalue weighted by Crippen LogP contribution is 2.49. The molecule has 6 rings (SSSR count). The Morgan fingerprint density at radius 1 is 0.632 bits per heavy atom. The van der Waals surface area contributed by atoms with E-state index in [0.717, 1.165) is 51.4 Å². The van der Waals surface area contributed by atoms with Crippen molar-refractivity contribution < 1.29 is 38.9 Å². The summed E-state index contributed by atoms with van der Waals surface area (Å²) in [6.07, 6.45) is 7.32. The maximum atomic E-state index is 12.0. The molecule has 0 aromatic carbocycles. The molecule has 6 saturated carbocycles. The Bertz CT molecular complexity index is 829. The number of carbonyl (C=O) groups excluding carboxylic acids is 2. The number of nitrogens with one attached hydrogen (secondary N) is 2. The molecule has 38 heavy (non-hydrogen) atoms. The number of hydrogen-bond donors (Lipinski definition) is 4. The molecule has 6 aliphatic carbocycles. The zero-order chi connectivity index (χ0) is 28.5. The van der Waals surface area contributed by atoms with Crippen molar-refractivity contribution in [2.24, 2.45) is 23.7 Å². The number of rotatable bonds is 4. The maximum Gasteiger partial charge on any atom is 0.408 e. The second-order valence-electron chi connectivity index (χ2n) is 13.7. The van der Waals surface area contributed by atoms with Crippen LogP contribution in [-0.4, -0.2) is 56.6 Å². The Kier molecular flexibility index (Phi) is 8.63. The minimum atomic E-state index is -0.805. The third-order valence-electron chi connectivity index (χ3n) is 8.56. The molecule has 0 aromatic heterocycles. The molecule has 10 heteroatoms. The number of carboxylic acids is 2. The van der Waals surface area contributed by atoms with Gasteiger partial charge in [-0.3, -0.25) is 9.59 Å². The summed E-state index contributed by atoms with van der Waals surface area (Å²) in [5.74, 6) is -1.56. The topological polar surface area (TPSA) is 151 Å². The van der Waals surface area contributed by atoms with Crippen molar-refractivity contribution in [1.29, 1.82) is 0 Å². The zero-order valence-electron chi connectivity index (χ0n) is 23.7. The van der Waals surface area contributed by atoms with E-state index >= 15 is 0 Å². The van der Waals surface area contributed by atoms with Crippen molar-refractivity contribution in [3.63, 3.8) is 0 Å². The van der Waals surface area contributed by atoms with E-state index in [1.165, 1.54) is 0 Å². The number of aliphatic carboxylic acids is 2. The fourth-order valence-corrected chi connectivity index (χ4v) is 6.78. The van der Waals surface area contributed by atoms with Crippen LogP contribution in [0, 0.1) is 23.7 Å². The largest absolute Gasteiger partial charge is 0.481 e. The Balaban J connectivity index is 0.000000211. The standard InChI is InChI=1S/2C14H23NO4/c2*1-13(2,3)19-12(18)15-14-6-4-9(5-7-14)8-10(14)11(16)17/h2*9-10H,4-8H2,1-3H3,(H,15,18)(H,16,17)/t2*9?,10-,14?/m11/s1. The summed E-state index contributed by atoms with van der Waals surface area (Å²) in [6, 6.07) is 0. The van der Waals surface area contributed by atoms with Gasteiger partial charge in [-0.1, -0.05) is 0 Å². The summed E-state index contributed by atoms with van der Waals surface area (Å²) in [5, 5.41) is 24.5. The Hall–Kier alpha value is -2.52. The van der Waals surface area contributed by atoms with Gasteiger partial charge >= 0.3 is 24.1 Å². The van der Waals surface area contributed by atoms with Gasteiger partial charge in [0.25, 0.3) is 0 Å². The van der Waals surface area contributed by atoms with Crippen LogP contribution < -0.4 is 10.6 Å². The third kappa shape index (κ3) is 7.32. The van der Waals surface area contributed by atoms with Crippen LogP contribution in [-0.2, 0) is 19.1 Å². The molecule has 216 valence electrons. The van der Waals surface area contributed by atoms with Crippen LogP contribution >= 0.6 is 0 Å². The van der Waals surface area contributed by atoms with E-state index in [-0.39, 0.29) is 0 Å². The van der Waals surface area contributed by atoms with E-state index in [1.807, 2.05) is 0 Å². The Morgan fingerprint density at radius 2 is 0.921 bits per heavy atom. The van der Waals surface area contributed by atoms with Crippen molar-refractivity contribution in [2.45, 2.75) is 128 Å². The number of fused-ring (bicyclic) bond motifs is 6. The quantitative estimate of drug-likeness (QED) is 0.386. The molecule has 4 bridgehead atoms. The van der Waals surface area contributed by atoms with Crippen LogP contribution in [0.3, 0.4) is 0 Å². The summed E-state index contributed by atoms with van der Waals surface area (Å²) in [6.45, 7) is 10.8. The molecule has 6 fully saturated rings. The number of hydrogen-bond acceptors (Lipinski definition) is 6. The molecule has 0 aliphatic heterocycles. The van der Waals surface area contributed by atoms with Crippen LogP contribution in [0.15, 0.2) is 0 Å². The average molecular weight is 539 g/mol. The van der Waals surface area contributed by atoms with E-state index in [0.29, 0.717) is 24.7 Å². The van der Waals surface area contributed by atoms with Crippen molar-refractivity contribution in [1.82, 2.24) is 10.6 Å². The van der Waals surface area contributed by atoms with Crippen LogP contribution in [0.1, 0.15) is 106 Å². The van der Waals surface area contributed by atoms with E-state index in [4.69, 9.17) is 9.47 Å². The second-order valence-corrected chi connectivity index (χ2v) is 13.7. The first kappa shape index (κ1) is 30.0. The molecule has 10 nitrogen and oxygen atoms in total. The summed E-state index contributed by atoms with van der Waals surface area (Å²) in [4.78, 5) is 46.7. The van der Waals surface area contributed by atoms with Crippen molar-refractivity contribution >= 4 is 24.1 Å². The number of alkyl carbamates (subject to hydrolysis) is 2. The summed E-state index contributed by atoms with van der Waals surface area (Å²) in [7, 11) is 0. The van der Waals surface area contributed by atoms with E-state index in [9.17, 15) is 29.4 Å². The van der Waals surface area contributed by atoms with Gasteiger partial charge < -0.3 is 30.3 Å². The highest BCUT2D eigenvalue weighted by molar-refractivity contribution is 5.76. The lowest BCUT2D eigenvalue weighted by atomic mass is 9.60. The smallest absolute Gasteiger partial charge is 0.408 e. The van der Waals surface area contributed by atoms with E-state index in [2.05, 4.69) is 10.6 Å². The molecule has 2 atom stereocenters. The number of carboxylic acid groups (broad SMARTS) is 2. The van der Waals surface area contributed by atoms with Gasteiger partial charge in [-0.15, -0.1) is 0 Å². The minimum absolute atomic E-state index is 0.479. The molecule has 0 heterocycles. The first-order chi connectivity index (χ1) is 17.4. The van der Waals surface area contributed by atoms with Crippen molar-refractivity contribution in [3.8, 4) is 0 Å². The SMILES string of the molecule is CC(C)(C)OC(=O)NC12CCC(CC1)C[C@@H]2C(=O)O.CC(C)(C)OC(=O)NC12CCC(CC1)C[C@@H]2C(=O)O. The predicted octanol–water partition coefficient (Wildman–Crippen LogP) is 5.09. The minimum Gasteiger partial charge on any atom is -0.481 e. The van der Waals surface area contributed by atoms with Gasteiger partial charge in [0.05, 0.1) is 22.9 Å². The van der Waals surface area contributed by atoms with Gasteiger partial charge in [-0.25, -0.2) is 9.59 Å². The van der Waals surface area contributed by atoms with Gasteiger partial charge in [-0.05, 0) is 118 Å². The lowest BCUT2D eigenvalue weighted by molar-refractivity contribution is -0.150. The molecular weight excluding hydrogens is 492 g/mol. The molecule has 4 N–H and O–H groups in total. The fraction of sp³-hybridized carbons (Fsp3) is 0.857. The summed E-state index contributed by atoms with van der Waals surface area (Å²) >= 11 is 0. The summed E-state index contributed by atoms with van der Waals surface area (Å²) in [5.41, 5.74) is -2.34. The Labute approximate surface area is 225 Å². The first-order valence-electron chi connectivity index (χ1n) is 13.9. The predicted molar refractivity (Wildman–Crippen MR) is 140 cm³/mol.